The van der Waals surface area contributed by atoms with Crippen LogP contribution < -0.4 is 4.74 Å². The normalized spacial score (nSPS) is 14.8. The molecular formula is C13H13F2NO4. The minimum Gasteiger partial charge on any atom is -0.487 e. The van der Waals surface area contributed by atoms with Crippen LogP contribution in [0.15, 0.2) is 12.1 Å². The highest BCUT2D eigenvalue weighted by Crippen LogP contribution is 2.40. The van der Waals surface area contributed by atoms with Crippen LogP contribution >= 0.6 is 0 Å². The van der Waals surface area contributed by atoms with Gasteiger partial charge in [0.2, 0.25) is 11.6 Å². The predicted octanol–water partition coefficient (Wildman–Crippen LogP) is 3.08. The van der Waals surface area contributed by atoms with E-state index in [4.69, 9.17) is 9.47 Å². The number of rotatable bonds is 4. The van der Waals surface area contributed by atoms with Gasteiger partial charge in [0.15, 0.2) is 5.82 Å². The zero-order valence-electron chi connectivity index (χ0n) is 10.8. The van der Waals surface area contributed by atoms with E-state index in [1.807, 2.05) is 0 Å². The molecule has 1 aliphatic heterocycles. The summed E-state index contributed by atoms with van der Waals surface area (Å²) in [5, 5.41) is 11.0. The number of nitrogens with zero attached hydrogens (tertiary/aromatic N) is 1. The first-order valence-corrected chi connectivity index (χ1v) is 6.12. The van der Waals surface area contributed by atoms with Crippen LogP contribution in [0.2, 0.25) is 0 Å². The van der Waals surface area contributed by atoms with Gasteiger partial charge in [-0.1, -0.05) is 6.08 Å². The first-order chi connectivity index (χ1) is 9.56. The van der Waals surface area contributed by atoms with E-state index in [2.05, 4.69) is 0 Å². The minimum atomic E-state index is -1.50. The lowest BCUT2D eigenvalue weighted by molar-refractivity contribution is -0.388. The molecule has 0 spiro atoms. The van der Waals surface area contributed by atoms with Crippen molar-refractivity contribution in [1.29, 1.82) is 0 Å². The predicted molar refractivity (Wildman–Crippen MR) is 67.6 cm³/mol. The summed E-state index contributed by atoms with van der Waals surface area (Å²) < 4.78 is 37.5. The third-order valence-corrected chi connectivity index (χ3v) is 2.93. The highest BCUT2D eigenvalue weighted by Gasteiger charge is 2.30. The number of nitro groups is 1. The fraction of sp³-hybridized carbons (Fsp3) is 0.385. The molecule has 0 atom stereocenters. The van der Waals surface area contributed by atoms with Gasteiger partial charge < -0.3 is 9.47 Å². The van der Waals surface area contributed by atoms with E-state index < -0.39 is 22.2 Å². The largest absolute Gasteiger partial charge is 0.487 e. The van der Waals surface area contributed by atoms with Gasteiger partial charge in [-0.2, -0.15) is 4.39 Å². The molecule has 20 heavy (non-hydrogen) atoms. The molecule has 1 heterocycles. The second-order valence-corrected chi connectivity index (χ2v) is 4.14. The van der Waals surface area contributed by atoms with Gasteiger partial charge in [-0.3, -0.25) is 10.1 Å². The van der Waals surface area contributed by atoms with Gasteiger partial charge in [0.25, 0.3) is 0 Å². The number of halogens is 2. The highest BCUT2D eigenvalue weighted by atomic mass is 19.2. The summed E-state index contributed by atoms with van der Waals surface area (Å²) >= 11 is 0. The Balaban J connectivity index is 2.66. The highest BCUT2D eigenvalue weighted by molar-refractivity contribution is 5.75. The number of nitro benzene ring substituents is 1. The Hall–Kier alpha value is -2.02. The molecule has 0 amide bonds. The molecule has 0 saturated carbocycles. The molecule has 1 aromatic carbocycles. The Morgan fingerprint density at radius 3 is 2.80 bits per heavy atom. The van der Waals surface area contributed by atoms with Crippen molar-refractivity contribution in [3.8, 4) is 5.75 Å². The quantitative estimate of drug-likeness (QED) is 0.630. The van der Waals surface area contributed by atoms with E-state index in [1.165, 1.54) is 0 Å². The molecule has 5 nitrogen and oxygen atoms in total. The van der Waals surface area contributed by atoms with Crippen molar-refractivity contribution in [1.82, 2.24) is 0 Å². The third kappa shape index (κ3) is 2.62. The maximum absolute atomic E-state index is 13.6. The van der Waals surface area contributed by atoms with Gasteiger partial charge in [-0.15, -0.1) is 0 Å². The first-order valence-electron chi connectivity index (χ1n) is 6.12. The van der Waals surface area contributed by atoms with Gasteiger partial charge in [0, 0.05) is 5.56 Å². The first kappa shape index (κ1) is 14.4. The monoisotopic (exact) mass is 285 g/mol. The van der Waals surface area contributed by atoms with Crippen LogP contribution in [-0.4, -0.2) is 24.7 Å². The van der Waals surface area contributed by atoms with Crippen molar-refractivity contribution in [2.24, 2.45) is 0 Å². The molecule has 108 valence electrons. The summed E-state index contributed by atoms with van der Waals surface area (Å²) in [7, 11) is 0. The topological polar surface area (TPSA) is 61.6 Å². The standard InChI is InChI=1S/C13H13F2NO4/c1-2-20-13-9(8-3-5-19-6-4-8)7-10(14)11(15)12(13)16(17)18/h3,7H,2,4-6H2,1H3. The molecule has 0 radical (unpaired) electrons. The molecule has 0 N–H and O–H groups in total. The van der Waals surface area contributed by atoms with Crippen LogP contribution in [0, 0.1) is 21.7 Å². The summed E-state index contributed by atoms with van der Waals surface area (Å²) in [4.78, 5) is 10.0. The Morgan fingerprint density at radius 1 is 1.50 bits per heavy atom. The second-order valence-electron chi connectivity index (χ2n) is 4.14. The van der Waals surface area contributed by atoms with Crippen molar-refractivity contribution in [3.05, 3.63) is 39.5 Å². The molecule has 1 aromatic rings. The van der Waals surface area contributed by atoms with E-state index in [1.54, 1.807) is 13.0 Å². The maximum Gasteiger partial charge on any atom is 0.349 e. The molecule has 7 heteroatoms. The SMILES string of the molecule is CCOc1c(C2=CCOCC2)cc(F)c(F)c1[N+](=O)[O-]. The van der Waals surface area contributed by atoms with E-state index >= 15 is 0 Å². The lowest BCUT2D eigenvalue weighted by Gasteiger charge is -2.17. The maximum atomic E-state index is 13.6. The van der Waals surface area contributed by atoms with Crippen LogP contribution in [0.1, 0.15) is 18.9 Å². The lowest BCUT2D eigenvalue weighted by atomic mass is 9.99. The third-order valence-electron chi connectivity index (χ3n) is 2.93. The molecule has 0 bridgehead atoms. The molecule has 0 fully saturated rings. The van der Waals surface area contributed by atoms with Crippen molar-refractivity contribution in [3.63, 3.8) is 0 Å². The van der Waals surface area contributed by atoms with E-state index in [-0.39, 0.29) is 17.9 Å². The van der Waals surface area contributed by atoms with Crippen LogP contribution in [0.3, 0.4) is 0 Å². The van der Waals surface area contributed by atoms with E-state index in [0.29, 0.717) is 25.2 Å². The summed E-state index contributed by atoms with van der Waals surface area (Å²) in [5.74, 6) is -3.00. The Kier molecular flexibility index (Phi) is 4.29. The molecule has 2 rings (SSSR count). The van der Waals surface area contributed by atoms with Gasteiger partial charge in [-0.05, 0) is 25.0 Å². The summed E-state index contributed by atoms with van der Waals surface area (Å²) in [6.45, 7) is 2.48. The van der Waals surface area contributed by atoms with Gasteiger partial charge in [0.1, 0.15) is 0 Å². The van der Waals surface area contributed by atoms with Crippen LogP contribution in [0.25, 0.3) is 5.57 Å². The Morgan fingerprint density at radius 2 is 2.25 bits per heavy atom. The lowest BCUT2D eigenvalue weighted by Crippen LogP contribution is -2.09. The fourth-order valence-corrected chi connectivity index (χ4v) is 2.06. The fourth-order valence-electron chi connectivity index (χ4n) is 2.06. The Labute approximate surface area is 114 Å². The zero-order chi connectivity index (χ0) is 14.7. The zero-order valence-corrected chi connectivity index (χ0v) is 10.8. The number of hydrogen-bond donors (Lipinski definition) is 0. The smallest absolute Gasteiger partial charge is 0.349 e. The average molecular weight is 285 g/mol. The summed E-state index contributed by atoms with van der Waals surface area (Å²) in [6, 6.07) is 0.935. The van der Waals surface area contributed by atoms with Crippen LogP contribution in [-0.2, 0) is 4.74 Å². The van der Waals surface area contributed by atoms with Gasteiger partial charge in [-0.25, -0.2) is 4.39 Å². The van der Waals surface area contributed by atoms with Crippen molar-refractivity contribution >= 4 is 11.3 Å². The Bertz CT molecular complexity index is 572. The number of hydrogen-bond acceptors (Lipinski definition) is 4. The molecule has 0 saturated heterocycles. The van der Waals surface area contributed by atoms with E-state index in [9.17, 15) is 18.9 Å². The summed E-state index contributed by atoms with van der Waals surface area (Å²) in [6.07, 6.45) is 2.14. The number of benzene rings is 1. The van der Waals surface area contributed by atoms with Crippen molar-refractivity contribution in [2.75, 3.05) is 19.8 Å². The van der Waals surface area contributed by atoms with Crippen LogP contribution in [0.4, 0.5) is 14.5 Å². The van der Waals surface area contributed by atoms with Gasteiger partial charge in [0.05, 0.1) is 24.7 Å². The molecule has 0 unspecified atom stereocenters. The summed E-state index contributed by atoms with van der Waals surface area (Å²) in [5.41, 5.74) is -0.100. The second kappa shape index (κ2) is 5.96. The van der Waals surface area contributed by atoms with Crippen molar-refractivity contribution < 1.29 is 23.2 Å². The molecule has 0 aliphatic carbocycles. The minimum absolute atomic E-state index is 0.114. The number of ether oxygens (including phenoxy) is 2. The van der Waals surface area contributed by atoms with E-state index in [0.717, 1.165) is 6.07 Å². The molecular weight excluding hydrogens is 272 g/mol. The van der Waals surface area contributed by atoms with Gasteiger partial charge >= 0.3 is 5.69 Å². The van der Waals surface area contributed by atoms with Crippen LogP contribution in [0.5, 0.6) is 5.75 Å². The van der Waals surface area contributed by atoms with Crippen molar-refractivity contribution in [2.45, 2.75) is 13.3 Å². The molecule has 0 aromatic heterocycles. The average Bonchev–Trinajstić information content (AvgIpc) is 2.43. The molecule has 1 aliphatic rings.